The van der Waals surface area contributed by atoms with Crippen LogP contribution in [0.15, 0.2) is 47.6 Å². The van der Waals surface area contributed by atoms with Gasteiger partial charge in [-0.3, -0.25) is 0 Å². The number of aldehydes is 1. The van der Waals surface area contributed by atoms with E-state index in [1.807, 2.05) is 4.57 Å². The number of hydrogen-bond acceptors (Lipinski definition) is 7. The maximum absolute atomic E-state index is 13.0. The summed E-state index contributed by atoms with van der Waals surface area (Å²) in [4.78, 5) is 37.9. The monoisotopic (exact) mass is 582 g/mol. The van der Waals surface area contributed by atoms with Gasteiger partial charge in [0.25, 0.3) is 0 Å². The number of aromatic nitrogens is 2. The molecule has 0 bridgehead atoms. The molecule has 13 heteroatoms. The van der Waals surface area contributed by atoms with Crippen molar-refractivity contribution in [2.75, 3.05) is 0 Å². The average molecular weight is 583 g/mol. The molecule has 0 spiro atoms. The Labute approximate surface area is 213 Å². The summed E-state index contributed by atoms with van der Waals surface area (Å²) < 4.78 is 36.5. The van der Waals surface area contributed by atoms with E-state index in [1.165, 1.54) is 25.1 Å². The first-order valence-electron chi connectivity index (χ1n) is 10.3. The third-order valence-corrected chi connectivity index (χ3v) is 8.28. The van der Waals surface area contributed by atoms with Crippen LogP contribution < -0.4 is 13.8 Å². The SMILES string of the molecule is CC(=O)[As]c1ccc(S(=O)(=O)NC(C=O)CC(=O)O)c(O[C@H](C)Cn2cnc3ccc(Cl)cc32)c1. The fourth-order valence-electron chi connectivity index (χ4n) is 3.34. The zero-order chi connectivity index (χ0) is 25.8. The summed E-state index contributed by atoms with van der Waals surface area (Å²) in [5.41, 5.74) is 1.51. The van der Waals surface area contributed by atoms with Crippen LogP contribution in [-0.2, 0) is 31.0 Å². The van der Waals surface area contributed by atoms with E-state index in [-0.39, 0.29) is 21.5 Å². The molecule has 0 aliphatic carbocycles. The average Bonchev–Trinajstić information content (AvgIpc) is 3.13. The number of fused-ring (bicyclic) bond motifs is 1. The number of carbonyl (C=O) groups is 3. The molecule has 1 heterocycles. The number of halogens is 1. The summed E-state index contributed by atoms with van der Waals surface area (Å²) in [6, 6.07) is 8.10. The molecule has 2 atom stereocenters. The van der Waals surface area contributed by atoms with Crippen LogP contribution in [0.5, 0.6) is 5.75 Å². The van der Waals surface area contributed by atoms with Crippen LogP contribution in [0, 0.1) is 0 Å². The van der Waals surface area contributed by atoms with Crippen molar-refractivity contribution in [3.63, 3.8) is 0 Å². The second-order valence-electron chi connectivity index (χ2n) is 7.68. The molecular weight excluding hydrogens is 561 g/mol. The van der Waals surface area contributed by atoms with Crippen molar-refractivity contribution in [1.29, 1.82) is 0 Å². The van der Waals surface area contributed by atoms with Crippen molar-refractivity contribution >= 4 is 69.6 Å². The molecule has 0 saturated carbocycles. The van der Waals surface area contributed by atoms with Gasteiger partial charge < -0.3 is 0 Å². The van der Waals surface area contributed by atoms with Crippen molar-refractivity contribution in [3.8, 4) is 5.75 Å². The summed E-state index contributed by atoms with van der Waals surface area (Å²) in [6.45, 7) is 3.50. The number of carboxylic acid groups (broad SMARTS) is 1. The van der Waals surface area contributed by atoms with Crippen LogP contribution in [0.25, 0.3) is 11.0 Å². The molecule has 2 aromatic carbocycles. The van der Waals surface area contributed by atoms with E-state index in [4.69, 9.17) is 21.4 Å². The predicted molar refractivity (Wildman–Crippen MR) is 130 cm³/mol. The Morgan fingerprint density at radius 1 is 1.29 bits per heavy atom. The Morgan fingerprint density at radius 3 is 2.69 bits per heavy atom. The Hall–Kier alpha value is -2.72. The Kier molecular flexibility index (Phi) is 8.71. The minimum atomic E-state index is -4.32. The van der Waals surface area contributed by atoms with Crippen molar-refractivity contribution < 1.29 is 32.6 Å². The molecule has 1 radical (unpaired) electrons. The van der Waals surface area contributed by atoms with Crippen molar-refractivity contribution in [3.05, 3.63) is 47.7 Å². The summed E-state index contributed by atoms with van der Waals surface area (Å²) >= 11 is 5.23. The third kappa shape index (κ3) is 7.14. The standard InChI is InChI=1S/C22H22AsClN3O7S/c1-13(10-27-12-25-18-5-4-16(24)8-19(18)27)34-20-7-15(23-14(2)29)3-6-21(20)35(32,33)26-17(11-28)9-22(30)31/h3-8,11-13,17,26H,9-10H2,1-2H3,(H,30,31)/t13-,17?/m1/s1. The number of carbonyl (C=O) groups excluding carboxylic acids is 2. The minimum absolute atomic E-state index is 0.0125. The van der Waals surface area contributed by atoms with Crippen LogP contribution in [0.2, 0.25) is 5.02 Å². The van der Waals surface area contributed by atoms with Gasteiger partial charge in [-0.2, -0.15) is 0 Å². The van der Waals surface area contributed by atoms with Gasteiger partial charge in [0.2, 0.25) is 0 Å². The van der Waals surface area contributed by atoms with E-state index in [9.17, 15) is 22.8 Å². The van der Waals surface area contributed by atoms with Gasteiger partial charge in [-0.05, 0) is 0 Å². The molecule has 1 aromatic heterocycles. The zero-order valence-corrected chi connectivity index (χ0v) is 22.2. The van der Waals surface area contributed by atoms with Gasteiger partial charge in [-0.1, -0.05) is 0 Å². The number of imidazole rings is 1. The topological polar surface area (TPSA) is 145 Å². The van der Waals surface area contributed by atoms with Crippen LogP contribution in [0.1, 0.15) is 20.3 Å². The number of nitrogens with one attached hydrogen (secondary N) is 1. The molecule has 185 valence electrons. The number of sulfonamides is 1. The number of carboxylic acids is 1. The molecule has 1 unspecified atom stereocenters. The van der Waals surface area contributed by atoms with Crippen molar-refractivity contribution in [2.45, 2.75) is 43.9 Å². The van der Waals surface area contributed by atoms with Crippen LogP contribution in [-0.4, -0.2) is 67.8 Å². The third-order valence-electron chi connectivity index (χ3n) is 4.73. The van der Waals surface area contributed by atoms with E-state index >= 15 is 0 Å². The molecule has 3 aromatic rings. The second-order valence-corrected chi connectivity index (χ2v) is 12.7. The Morgan fingerprint density at radius 2 is 2.03 bits per heavy atom. The Bertz CT molecular complexity index is 1380. The second kappa shape index (κ2) is 11.3. The zero-order valence-electron chi connectivity index (χ0n) is 18.7. The number of aliphatic carboxylic acids is 1. The van der Waals surface area contributed by atoms with Gasteiger partial charge in [-0.25, -0.2) is 0 Å². The van der Waals surface area contributed by atoms with Gasteiger partial charge in [0, 0.05) is 0 Å². The first-order chi connectivity index (χ1) is 16.5. The molecule has 3 rings (SSSR count). The molecular formula is C22H22AsClN3O7S. The summed E-state index contributed by atoms with van der Waals surface area (Å²) in [5, 5.41) is 9.47. The van der Waals surface area contributed by atoms with E-state index in [2.05, 4.69) is 9.71 Å². The van der Waals surface area contributed by atoms with Crippen molar-refractivity contribution in [1.82, 2.24) is 14.3 Å². The van der Waals surface area contributed by atoms with Gasteiger partial charge in [0.1, 0.15) is 0 Å². The van der Waals surface area contributed by atoms with Gasteiger partial charge in [-0.15, -0.1) is 0 Å². The molecule has 0 saturated heterocycles. The Balaban J connectivity index is 1.91. The van der Waals surface area contributed by atoms with Gasteiger partial charge in [0.15, 0.2) is 0 Å². The summed E-state index contributed by atoms with van der Waals surface area (Å²) in [5.74, 6) is -1.34. The van der Waals surface area contributed by atoms with Crippen LogP contribution in [0.3, 0.4) is 0 Å². The van der Waals surface area contributed by atoms with Crippen LogP contribution >= 0.6 is 11.6 Å². The maximum atomic E-state index is 13.0. The predicted octanol–water partition coefficient (Wildman–Crippen LogP) is 1.35. The van der Waals surface area contributed by atoms with Crippen molar-refractivity contribution in [2.24, 2.45) is 0 Å². The van der Waals surface area contributed by atoms with Gasteiger partial charge >= 0.3 is 214 Å². The van der Waals surface area contributed by atoms with E-state index < -0.39 is 50.3 Å². The quantitative estimate of drug-likeness (QED) is 0.241. The normalized spacial score (nSPS) is 13.7. The van der Waals surface area contributed by atoms with Gasteiger partial charge in [0.05, 0.1) is 0 Å². The molecule has 0 aliphatic heterocycles. The molecule has 2 N–H and O–H groups in total. The number of benzene rings is 2. The number of rotatable bonds is 12. The summed E-state index contributed by atoms with van der Waals surface area (Å²) in [6.07, 6.45) is 0.597. The fourth-order valence-corrected chi connectivity index (χ4v) is 6.24. The molecule has 35 heavy (non-hydrogen) atoms. The number of hydrogen-bond donors (Lipinski definition) is 2. The molecule has 0 fully saturated rings. The molecule has 0 aliphatic rings. The van der Waals surface area contributed by atoms with E-state index in [0.717, 1.165) is 11.0 Å². The van der Waals surface area contributed by atoms with Crippen LogP contribution in [0.4, 0.5) is 0 Å². The molecule has 10 nitrogen and oxygen atoms in total. The number of ether oxygens (including phenoxy) is 1. The van der Waals surface area contributed by atoms with E-state index in [0.29, 0.717) is 15.9 Å². The molecule has 0 amide bonds. The fraction of sp³-hybridized carbons (Fsp3) is 0.273. The first kappa shape index (κ1) is 26.9. The van der Waals surface area contributed by atoms with E-state index in [1.54, 1.807) is 31.5 Å². The first-order valence-corrected chi connectivity index (χ1v) is 14.0. The summed E-state index contributed by atoms with van der Waals surface area (Å²) in [7, 11) is -4.32. The number of nitrogens with zero attached hydrogens (tertiary/aromatic N) is 2.